The number of ether oxygens (including phenoxy) is 1. The first-order valence-corrected chi connectivity index (χ1v) is 8.52. The summed E-state index contributed by atoms with van der Waals surface area (Å²) < 4.78 is 5.37. The molecule has 0 saturated carbocycles. The van der Waals surface area contributed by atoms with Crippen LogP contribution in [0.5, 0.6) is 0 Å². The maximum absolute atomic E-state index is 12.4. The molecule has 3 rings (SSSR count). The zero-order chi connectivity index (χ0) is 17.6. The van der Waals surface area contributed by atoms with Gasteiger partial charge < -0.3 is 15.4 Å². The number of hydrogen-bond donors (Lipinski definition) is 2. The number of hydrogen-bond acceptors (Lipinski definition) is 3. The molecule has 2 aromatic rings. The van der Waals surface area contributed by atoms with Crippen LogP contribution in [0.25, 0.3) is 0 Å². The SMILES string of the molecule is CCOCc1ccc(CNC(=O)c2ccc3c(c2)CCC(=O)N3)cc1. The van der Waals surface area contributed by atoms with Gasteiger partial charge in [0.2, 0.25) is 5.91 Å². The topological polar surface area (TPSA) is 67.4 Å². The summed E-state index contributed by atoms with van der Waals surface area (Å²) in [5.41, 5.74) is 4.58. The van der Waals surface area contributed by atoms with Gasteiger partial charge in [0.1, 0.15) is 0 Å². The quantitative estimate of drug-likeness (QED) is 0.851. The van der Waals surface area contributed by atoms with Crippen molar-refractivity contribution < 1.29 is 14.3 Å². The number of aryl methyl sites for hydroxylation is 1. The monoisotopic (exact) mass is 338 g/mol. The van der Waals surface area contributed by atoms with E-state index in [9.17, 15) is 9.59 Å². The summed E-state index contributed by atoms with van der Waals surface area (Å²) in [6, 6.07) is 13.4. The van der Waals surface area contributed by atoms with Gasteiger partial charge in [0.15, 0.2) is 0 Å². The van der Waals surface area contributed by atoms with Crippen molar-refractivity contribution in [1.29, 1.82) is 0 Å². The maximum atomic E-state index is 12.4. The molecule has 2 amide bonds. The molecule has 0 aliphatic carbocycles. The summed E-state index contributed by atoms with van der Waals surface area (Å²) in [6.45, 7) is 3.75. The minimum atomic E-state index is -0.113. The smallest absolute Gasteiger partial charge is 0.251 e. The Bertz CT molecular complexity index is 769. The van der Waals surface area contributed by atoms with Gasteiger partial charge in [0.25, 0.3) is 5.91 Å². The summed E-state index contributed by atoms with van der Waals surface area (Å²) in [5, 5.41) is 5.76. The van der Waals surface area contributed by atoms with Gasteiger partial charge in [-0.3, -0.25) is 9.59 Å². The fraction of sp³-hybridized carbons (Fsp3) is 0.300. The van der Waals surface area contributed by atoms with E-state index in [0.717, 1.165) is 22.4 Å². The Hall–Kier alpha value is -2.66. The van der Waals surface area contributed by atoms with Crippen LogP contribution < -0.4 is 10.6 Å². The molecule has 2 aromatic carbocycles. The maximum Gasteiger partial charge on any atom is 0.251 e. The largest absolute Gasteiger partial charge is 0.377 e. The van der Waals surface area contributed by atoms with Crippen LogP contribution in [0.15, 0.2) is 42.5 Å². The molecule has 130 valence electrons. The van der Waals surface area contributed by atoms with E-state index in [4.69, 9.17) is 4.74 Å². The van der Waals surface area contributed by atoms with Gasteiger partial charge in [-0.25, -0.2) is 0 Å². The van der Waals surface area contributed by atoms with Crippen molar-refractivity contribution in [2.75, 3.05) is 11.9 Å². The van der Waals surface area contributed by atoms with Crippen LogP contribution in [0.1, 0.15) is 40.4 Å². The fourth-order valence-electron chi connectivity index (χ4n) is 2.78. The third-order valence-corrected chi connectivity index (χ3v) is 4.21. The average molecular weight is 338 g/mol. The van der Waals surface area contributed by atoms with Crippen LogP contribution in [0, 0.1) is 0 Å². The highest BCUT2D eigenvalue weighted by atomic mass is 16.5. The number of amides is 2. The van der Waals surface area contributed by atoms with E-state index in [1.807, 2.05) is 37.3 Å². The van der Waals surface area contributed by atoms with Crippen LogP contribution in [0.2, 0.25) is 0 Å². The van der Waals surface area contributed by atoms with Gasteiger partial charge in [0, 0.05) is 30.8 Å². The number of rotatable bonds is 6. The van der Waals surface area contributed by atoms with Crippen molar-refractivity contribution in [1.82, 2.24) is 5.32 Å². The average Bonchev–Trinajstić information content (AvgIpc) is 2.64. The normalized spacial score (nSPS) is 13.1. The first-order valence-electron chi connectivity index (χ1n) is 8.52. The lowest BCUT2D eigenvalue weighted by atomic mass is 10.00. The molecular formula is C20H22N2O3. The molecule has 0 bridgehead atoms. The van der Waals surface area contributed by atoms with Gasteiger partial charge in [-0.1, -0.05) is 24.3 Å². The third kappa shape index (κ3) is 4.45. The summed E-state index contributed by atoms with van der Waals surface area (Å²) in [4.78, 5) is 23.7. The summed E-state index contributed by atoms with van der Waals surface area (Å²) in [6.07, 6.45) is 1.13. The molecule has 5 nitrogen and oxygen atoms in total. The van der Waals surface area contributed by atoms with Crippen LogP contribution >= 0.6 is 0 Å². The second kappa shape index (κ2) is 7.94. The van der Waals surface area contributed by atoms with Crippen LogP contribution in [0.4, 0.5) is 5.69 Å². The van der Waals surface area contributed by atoms with Gasteiger partial charge in [-0.15, -0.1) is 0 Å². The number of anilines is 1. The van der Waals surface area contributed by atoms with Crippen LogP contribution in [-0.2, 0) is 29.1 Å². The lowest BCUT2D eigenvalue weighted by Gasteiger charge is -2.17. The van der Waals surface area contributed by atoms with E-state index < -0.39 is 0 Å². The van der Waals surface area contributed by atoms with Gasteiger partial charge >= 0.3 is 0 Å². The fourth-order valence-corrected chi connectivity index (χ4v) is 2.78. The molecule has 0 spiro atoms. The Labute approximate surface area is 147 Å². The Morgan fingerprint density at radius 1 is 1.12 bits per heavy atom. The molecule has 0 aromatic heterocycles. The van der Waals surface area contributed by atoms with E-state index in [0.29, 0.717) is 38.2 Å². The molecule has 0 fully saturated rings. The molecule has 0 atom stereocenters. The van der Waals surface area contributed by atoms with Crippen LogP contribution in [0.3, 0.4) is 0 Å². The Kier molecular flexibility index (Phi) is 5.46. The molecule has 1 heterocycles. The van der Waals surface area contributed by atoms with E-state index in [1.165, 1.54) is 0 Å². The van der Waals surface area contributed by atoms with E-state index in [-0.39, 0.29) is 11.8 Å². The molecule has 2 N–H and O–H groups in total. The number of benzene rings is 2. The molecule has 5 heteroatoms. The molecule has 0 saturated heterocycles. The standard InChI is InChI=1S/C20H22N2O3/c1-2-25-13-15-5-3-14(4-6-15)12-21-20(24)17-7-9-18-16(11-17)8-10-19(23)22-18/h3-7,9,11H,2,8,10,12-13H2,1H3,(H,21,24)(H,22,23). The molecule has 0 unspecified atom stereocenters. The Morgan fingerprint density at radius 2 is 1.88 bits per heavy atom. The summed E-state index contributed by atoms with van der Waals surface area (Å²) in [7, 11) is 0. The molecule has 1 aliphatic heterocycles. The number of carbonyl (C=O) groups excluding carboxylic acids is 2. The summed E-state index contributed by atoms with van der Waals surface area (Å²) >= 11 is 0. The number of carbonyl (C=O) groups is 2. The summed E-state index contributed by atoms with van der Waals surface area (Å²) in [5.74, 6) is -0.0874. The number of nitrogens with one attached hydrogen (secondary N) is 2. The van der Waals surface area contributed by atoms with E-state index >= 15 is 0 Å². The zero-order valence-electron chi connectivity index (χ0n) is 14.3. The molecular weight excluding hydrogens is 316 g/mol. The zero-order valence-corrected chi connectivity index (χ0v) is 14.3. The van der Waals surface area contributed by atoms with Gasteiger partial charge in [-0.05, 0) is 48.2 Å². The van der Waals surface area contributed by atoms with E-state index in [1.54, 1.807) is 12.1 Å². The van der Waals surface area contributed by atoms with Gasteiger partial charge in [0.05, 0.1) is 6.61 Å². The third-order valence-electron chi connectivity index (χ3n) is 4.21. The molecule has 0 radical (unpaired) electrons. The van der Waals surface area contributed by atoms with Crippen molar-refractivity contribution in [3.63, 3.8) is 0 Å². The second-order valence-corrected chi connectivity index (χ2v) is 6.06. The van der Waals surface area contributed by atoms with Crippen LogP contribution in [-0.4, -0.2) is 18.4 Å². The van der Waals surface area contributed by atoms with Crippen molar-refractivity contribution in [2.24, 2.45) is 0 Å². The second-order valence-electron chi connectivity index (χ2n) is 6.06. The van der Waals surface area contributed by atoms with Crippen molar-refractivity contribution >= 4 is 17.5 Å². The minimum Gasteiger partial charge on any atom is -0.377 e. The highest BCUT2D eigenvalue weighted by molar-refractivity contribution is 5.97. The van der Waals surface area contributed by atoms with Gasteiger partial charge in [-0.2, -0.15) is 0 Å². The Morgan fingerprint density at radius 3 is 2.64 bits per heavy atom. The minimum absolute atomic E-state index is 0.0254. The predicted octanol–water partition coefficient (Wildman–Crippen LogP) is 3.04. The van der Waals surface area contributed by atoms with Crippen molar-refractivity contribution in [3.05, 3.63) is 64.7 Å². The van der Waals surface area contributed by atoms with Crippen molar-refractivity contribution in [3.8, 4) is 0 Å². The van der Waals surface area contributed by atoms with E-state index in [2.05, 4.69) is 10.6 Å². The number of fused-ring (bicyclic) bond motifs is 1. The highest BCUT2D eigenvalue weighted by Crippen LogP contribution is 2.23. The van der Waals surface area contributed by atoms with Crippen molar-refractivity contribution in [2.45, 2.75) is 32.9 Å². The highest BCUT2D eigenvalue weighted by Gasteiger charge is 2.16. The first-order chi connectivity index (χ1) is 12.2. The molecule has 1 aliphatic rings. The first kappa shape index (κ1) is 17.2. The predicted molar refractivity (Wildman–Crippen MR) is 96.3 cm³/mol. The molecule has 25 heavy (non-hydrogen) atoms. The lowest BCUT2D eigenvalue weighted by Crippen LogP contribution is -2.24. The Balaban J connectivity index is 1.58. The lowest BCUT2D eigenvalue weighted by molar-refractivity contribution is -0.116.